The van der Waals surface area contributed by atoms with Gasteiger partial charge in [-0.2, -0.15) is 18.3 Å². The maximum Gasteiger partial charge on any atom is 0.435 e. The molecule has 0 radical (unpaired) electrons. The molecule has 0 aliphatic carbocycles. The van der Waals surface area contributed by atoms with E-state index in [1.807, 2.05) is 14.0 Å². The number of hydrogen-bond acceptors (Lipinski definition) is 3. The molecule has 1 amide bonds. The second kappa shape index (κ2) is 7.21. The first-order chi connectivity index (χ1) is 12.2. The van der Waals surface area contributed by atoms with E-state index >= 15 is 0 Å². The lowest BCUT2D eigenvalue weighted by Gasteiger charge is -2.33. The van der Waals surface area contributed by atoms with Gasteiger partial charge >= 0.3 is 6.18 Å². The van der Waals surface area contributed by atoms with Crippen molar-refractivity contribution in [2.75, 3.05) is 26.7 Å². The fraction of sp³-hybridized carbons (Fsp3) is 0.778. The van der Waals surface area contributed by atoms with Crippen molar-refractivity contribution in [3.63, 3.8) is 0 Å². The van der Waals surface area contributed by atoms with Gasteiger partial charge in [0.05, 0.1) is 11.6 Å². The van der Waals surface area contributed by atoms with Gasteiger partial charge in [-0.25, -0.2) is 0 Å². The number of carbonyl (C=O) groups excluding carboxylic acids is 1. The zero-order valence-electron chi connectivity index (χ0n) is 15.6. The van der Waals surface area contributed by atoms with Crippen molar-refractivity contribution in [1.29, 1.82) is 0 Å². The molecule has 0 unspecified atom stereocenters. The highest BCUT2D eigenvalue weighted by molar-refractivity contribution is 5.97. The summed E-state index contributed by atoms with van der Waals surface area (Å²) in [5.41, 5.74) is -0.948. The third-order valence-corrected chi connectivity index (χ3v) is 5.73. The van der Waals surface area contributed by atoms with Gasteiger partial charge in [0.15, 0.2) is 5.69 Å². The quantitative estimate of drug-likeness (QED) is 0.798. The largest absolute Gasteiger partial charge is 0.435 e. The Labute approximate surface area is 152 Å². The second-order valence-corrected chi connectivity index (χ2v) is 7.63. The zero-order valence-corrected chi connectivity index (χ0v) is 15.6. The molecule has 2 aliphatic rings. The van der Waals surface area contributed by atoms with Gasteiger partial charge in [-0.15, -0.1) is 0 Å². The first-order valence-electron chi connectivity index (χ1n) is 9.36. The minimum absolute atomic E-state index is 0.0385. The third kappa shape index (κ3) is 3.61. The zero-order chi connectivity index (χ0) is 19.1. The molecule has 1 atom stereocenters. The number of nitrogens with zero attached hydrogens (tertiary/aromatic N) is 4. The van der Waals surface area contributed by atoms with Crippen molar-refractivity contribution >= 4 is 5.91 Å². The van der Waals surface area contributed by atoms with Crippen LogP contribution in [0, 0.1) is 6.92 Å². The van der Waals surface area contributed by atoms with E-state index in [4.69, 9.17) is 0 Å². The number of alkyl halides is 3. The highest BCUT2D eigenvalue weighted by atomic mass is 19.4. The van der Waals surface area contributed by atoms with Gasteiger partial charge in [-0.3, -0.25) is 9.48 Å². The molecule has 26 heavy (non-hydrogen) atoms. The van der Waals surface area contributed by atoms with E-state index in [0.717, 1.165) is 45.2 Å². The highest BCUT2D eigenvalue weighted by Crippen LogP contribution is 2.36. The van der Waals surface area contributed by atoms with Crippen LogP contribution in [0.2, 0.25) is 0 Å². The van der Waals surface area contributed by atoms with Crippen LogP contribution in [-0.2, 0) is 6.18 Å². The summed E-state index contributed by atoms with van der Waals surface area (Å²) in [6.07, 6.45) is -0.487. The monoisotopic (exact) mass is 372 g/mol. The molecule has 2 fully saturated rings. The molecule has 0 aromatic carbocycles. The summed E-state index contributed by atoms with van der Waals surface area (Å²) in [6, 6.07) is -0.129. The van der Waals surface area contributed by atoms with Gasteiger partial charge in [-0.05, 0) is 66.1 Å². The minimum atomic E-state index is -4.63. The summed E-state index contributed by atoms with van der Waals surface area (Å²) in [5.74, 6) is -0.527. The minimum Gasteiger partial charge on any atom is -0.336 e. The van der Waals surface area contributed by atoms with Gasteiger partial charge in [0.2, 0.25) is 0 Å². The molecule has 2 aliphatic heterocycles. The standard InChI is InChI=1S/C18H27F3N4O/c1-12-6-4-5-9-24(12)17(26)15-13(2)25(22-16(15)18(19,20)21)14-7-10-23(3)11-8-14/h12,14H,4-11H2,1-3H3/t12-/m0/s1. The number of piperidine rings is 2. The fourth-order valence-corrected chi connectivity index (χ4v) is 4.11. The van der Waals surface area contributed by atoms with E-state index in [-0.39, 0.29) is 17.6 Å². The maximum atomic E-state index is 13.6. The summed E-state index contributed by atoms with van der Waals surface area (Å²) < 4.78 is 42.4. The molecule has 0 N–H and O–H groups in total. The van der Waals surface area contributed by atoms with Crippen LogP contribution in [0.5, 0.6) is 0 Å². The molecular formula is C18H27F3N4O. The Morgan fingerprint density at radius 1 is 1.12 bits per heavy atom. The Bertz CT molecular complexity index is 662. The lowest BCUT2D eigenvalue weighted by atomic mass is 10.0. The van der Waals surface area contributed by atoms with Crippen LogP contribution >= 0.6 is 0 Å². The van der Waals surface area contributed by atoms with Crippen molar-refractivity contribution < 1.29 is 18.0 Å². The van der Waals surface area contributed by atoms with Gasteiger partial charge in [0, 0.05) is 18.3 Å². The topological polar surface area (TPSA) is 41.4 Å². The first-order valence-corrected chi connectivity index (χ1v) is 9.36. The molecule has 1 aromatic heterocycles. The lowest BCUT2D eigenvalue weighted by Crippen LogP contribution is -2.42. The number of amides is 1. The van der Waals surface area contributed by atoms with Crippen molar-refractivity contribution in [3.8, 4) is 0 Å². The number of carbonyl (C=O) groups is 1. The van der Waals surface area contributed by atoms with Crippen LogP contribution in [0.4, 0.5) is 13.2 Å². The molecule has 1 aromatic rings. The summed E-state index contributed by atoms with van der Waals surface area (Å²) in [4.78, 5) is 16.8. The van der Waals surface area contributed by atoms with Crippen molar-refractivity contribution in [2.24, 2.45) is 0 Å². The Morgan fingerprint density at radius 2 is 1.77 bits per heavy atom. The van der Waals surface area contributed by atoms with E-state index in [2.05, 4.69) is 10.00 Å². The average Bonchev–Trinajstić information content (AvgIpc) is 2.93. The Hall–Kier alpha value is -1.57. The number of aromatic nitrogens is 2. The van der Waals surface area contributed by atoms with Crippen LogP contribution in [0.25, 0.3) is 0 Å². The van der Waals surface area contributed by atoms with E-state index in [1.54, 1.807) is 11.8 Å². The third-order valence-electron chi connectivity index (χ3n) is 5.73. The van der Waals surface area contributed by atoms with Crippen LogP contribution in [0.1, 0.15) is 66.8 Å². The molecule has 146 valence electrons. The van der Waals surface area contributed by atoms with Gasteiger partial charge in [0.1, 0.15) is 0 Å². The summed E-state index contributed by atoms with van der Waals surface area (Å²) in [5, 5.41) is 3.90. The summed E-state index contributed by atoms with van der Waals surface area (Å²) in [7, 11) is 2.00. The van der Waals surface area contributed by atoms with Crippen LogP contribution in [0.15, 0.2) is 0 Å². The number of halogens is 3. The first kappa shape index (κ1) is 19.2. The predicted molar refractivity (Wildman–Crippen MR) is 92.1 cm³/mol. The molecule has 0 saturated carbocycles. The van der Waals surface area contributed by atoms with E-state index in [1.165, 1.54) is 4.68 Å². The summed E-state index contributed by atoms with van der Waals surface area (Å²) >= 11 is 0. The van der Waals surface area contributed by atoms with Crippen LogP contribution in [0.3, 0.4) is 0 Å². The average molecular weight is 372 g/mol. The number of rotatable bonds is 2. The smallest absolute Gasteiger partial charge is 0.336 e. The molecular weight excluding hydrogens is 345 g/mol. The van der Waals surface area contributed by atoms with Gasteiger partial charge < -0.3 is 9.80 Å². The fourth-order valence-electron chi connectivity index (χ4n) is 4.11. The van der Waals surface area contributed by atoms with E-state index in [0.29, 0.717) is 12.2 Å². The lowest BCUT2D eigenvalue weighted by molar-refractivity contribution is -0.142. The molecule has 3 rings (SSSR count). The molecule has 5 nitrogen and oxygen atoms in total. The molecule has 2 saturated heterocycles. The van der Waals surface area contributed by atoms with E-state index in [9.17, 15) is 18.0 Å². The molecule has 8 heteroatoms. The molecule has 0 bridgehead atoms. The number of hydrogen-bond donors (Lipinski definition) is 0. The number of likely N-dealkylation sites (tertiary alicyclic amines) is 2. The Kier molecular flexibility index (Phi) is 5.33. The van der Waals surface area contributed by atoms with Crippen LogP contribution < -0.4 is 0 Å². The van der Waals surface area contributed by atoms with Crippen molar-refractivity contribution in [2.45, 2.75) is 64.2 Å². The highest BCUT2D eigenvalue weighted by Gasteiger charge is 2.43. The van der Waals surface area contributed by atoms with Crippen molar-refractivity contribution in [1.82, 2.24) is 19.6 Å². The van der Waals surface area contributed by atoms with Gasteiger partial charge in [-0.1, -0.05) is 0 Å². The SMILES string of the molecule is Cc1c(C(=O)N2CCCC[C@@H]2C)c(C(F)(F)F)nn1C1CCN(C)CC1. The normalized spacial score (nSPS) is 23.5. The van der Waals surface area contributed by atoms with Crippen LogP contribution in [-0.4, -0.2) is 58.2 Å². The molecule has 3 heterocycles. The van der Waals surface area contributed by atoms with E-state index < -0.39 is 17.8 Å². The molecule has 0 spiro atoms. The summed E-state index contributed by atoms with van der Waals surface area (Å²) in [6.45, 7) is 5.65. The van der Waals surface area contributed by atoms with Crippen molar-refractivity contribution in [3.05, 3.63) is 17.0 Å². The predicted octanol–water partition coefficient (Wildman–Crippen LogP) is 3.49. The Morgan fingerprint density at radius 3 is 2.35 bits per heavy atom. The van der Waals surface area contributed by atoms with Gasteiger partial charge in [0.25, 0.3) is 5.91 Å². The Balaban J connectivity index is 1.98. The maximum absolute atomic E-state index is 13.6. The second-order valence-electron chi connectivity index (χ2n) is 7.63.